The predicted octanol–water partition coefficient (Wildman–Crippen LogP) is 5.49. The molecule has 1 fully saturated rings. The Labute approximate surface area is 192 Å². The Morgan fingerprint density at radius 3 is 2.56 bits per heavy atom. The van der Waals surface area contributed by atoms with Crippen molar-refractivity contribution < 1.29 is 19.4 Å². The maximum absolute atomic E-state index is 11.7. The summed E-state index contributed by atoms with van der Waals surface area (Å²) in [5, 5.41) is 9.59. The molecule has 7 heteroatoms. The summed E-state index contributed by atoms with van der Waals surface area (Å²) in [5.74, 6) is 1.91. The molecule has 6 nitrogen and oxygen atoms in total. The molecule has 1 aliphatic rings. The van der Waals surface area contributed by atoms with Gasteiger partial charge in [-0.25, -0.2) is 4.79 Å². The van der Waals surface area contributed by atoms with Crippen molar-refractivity contribution >= 4 is 17.4 Å². The van der Waals surface area contributed by atoms with E-state index in [1.807, 2.05) is 60.8 Å². The van der Waals surface area contributed by atoms with Crippen molar-refractivity contribution in [2.45, 2.75) is 38.3 Å². The Kier molecular flexibility index (Phi) is 7.61. The maximum Gasteiger partial charge on any atom is 0.407 e. The third kappa shape index (κ3) is 6.01. The molecule has 1 aliphatic heterocycles. The van der Waals surface area contributed by atoms with Crippen LogP contribution in [0.25, 0.3) is 0 Å². The smallest absolute Gasteiger partial charge is 0.407 e. The number of carbonyl (C=O) groups is 1. The van der Waals surface area contributed by atoms with Crippen molar-refractivity contribution in [1.82, 2.24) is 9.88 Å². The quantitative estimate of drug-likeness (QED) is 0.465. The number of aromatic nitrogens is 1. The van der Waals surface area contributed by atoms with Crippen LogP contribution in [0.4, 0.5) is 4.79 Å². The van der Waals surface area contributed by atoms with Crippen LogP contribution in [0.1, 0.15) is 29.7 Å². The van der Waals surface area contributed by atoms with E-state index >= 15 is 0 Å². The largest absolute Gasteiger partial charge is 0.490 e. The summed E-state index contributed by atoms with van der Waals surface area (Å²) in [6.45, 7) is 1.64. The molecule has 2 unspecified atom stereocenters. The van der Waals surface area contributed by atoms with Gasteiger partial charge in [0, 0.05) is 30.1 Å². The van der Waals surface area contributed by atoms with Gasteiger partial charge in [-0.05, 0) is 42.9 Å². The lowest BCUT2D eigenvalue weighted by Crippen LogP contribution is -2.46. The second-order valence-electron chi connectivity index (χ2n) is 8.05. The van der Waals surface area contributed by atoms with E-state index in [-0.39, 0.29) is 6.04 Å². The van der Waals surface area contributed by atoms with E-state index in [9.17, 15) is 9.90 Å². The lowest BCUT2D eigenvalue weighted by Gasteiger charge is -2.37. The molecule has 0 aliphatic carbocycles. The molecule has 4 rings (SSSR count). The van der Waals surface area contributed by atoms with Crippen LogP contribution in [0.5, 0.6) is 11.5 Å². The Morgan fingerprint density at radius 2 is 1.84 bits per heavy atom. The highest BCUT2D eigenvalue weighted by atomic mass is 32.1. The highest BCUT2D eigenvalue weighted by Gasteiger charge is 2.31. The fraction of sp³-hybridized carbons (Fsp3) is 0.360. The van der Waals surface area contributed by atoms with Crippen molar-refractivity contribution in [3.8, 4) is 11.5 Å². The number of piperidine rings is 1. The molecule has 1 aromatic heterocycles. The van der Waals surface area contributed by atoms with Gasteiger partial charge in [0.05, 0.1) is 12.1 Å². The van der Waals surface area contributed by atoms with Crippen LogP contribution in [0, 0.1) is 5.92 Å². The lowest BCUT2D eigenvalue weighted by atomic mass is 9.87. The van der Waals surface area contributed by atoms with Crippen LogP contribution in [0.2, 0.25) is 0 Å². The van der Waals surface area contributed by atoms with Crippen molar-refractivity contribution in [3.63, 3.8) is 0 Å². The van der Waals surface area contributed by atoms with Crippen LogP contribution in [0.3, 0.4) is 0 Å². The highest BCUT2D eigenvalue weighted by molar-refractivity contribution is 7.09. The number of likely N-dealkylation sites (tertiary alicyclic amines) is 1. The minimum Gasteiger partial charge on any atom is -0.490 e. The fourth-order valence-electron chi connectivity index (χ4n) is 4.18. The molecule has 0 bridgehead atoms. The van der Waals surface area contributed by atoms with Crippen LogP contribution in [-0.2, 0) is 13.0 Å². The minimum absolute atomic E-state index is 0.00630. The molecule has 1 saturated heterocycles. The molecule has 0 radical (unpaired) electrons. The first-order chi connectivity index (χ1) is 15.7. The number of hydrogen-bond acceptors (Lipinski definition) is 5. The molecule has 0 spiro atoms. The van der Waals surface area contributed by atoms with Gasteiger partial charge in [-0.15, -0.1) is 11.3 Å². The molecule has 1 N–H and O–H groups in total. The number of benzene rings is 2. The molecule has 0 saturated carbocycles. The zero-order valence-corrected chi connectivity index (χ0v) is 18.7. The number of hydrogen-bond donors (Lipinski definition) is 1. The van der Waals surface area contributed by atoms with Gasteiger partial charge in [-0.3, -0.25) is 4.98 Å². The van der Waals surface area contributed by atoms with Crippen LogP contribution in [0.15, 0.2) is 66.3 Å². The highest BCUT2D eigenvalue weighted by Crippen LogP contribution is 2.31. The summed E-state index contributed by atoms with van der Waals surface area (Å²) in [5.41, 5.74) is 2.91. The van der Waals surface area contributed by atoms with E-state index in [4.69, 9.17) is 9.47 Å². The van der Waals surface area contributed by atoms with Crippen molar-refractivity contribution in [3.05, 3.63) is 76.7 Å². The molecule has 2 atom stereocenters. The van der Waals surface area contributed by atoms with Crippen LogP contribution in [-0.4, -0.2) is 40.3 Å². The fourth-order valence-corrected chi connectivity index (χ4v) is 4.84. The Morgan fingerprint density at radius 1 is 1.09 bits per heavy atom. The first kappa shape index (κ1) is 22.1. The summed E-state index contributed by atoms with van der Waals surface area (Å²) in [6.07, 6.45) is 4.33. The van der Waals surface area contributed by atoms with E-state index in [2.05, 4.69) is 4.98 Å². The summed E-state index contributed by atoms with van der Waals surface area (Å²) < 4.78 is 12.1. The standard InChI is InChI=1S/C25H28N2O4S/c28-25(29)27-12-10-19(14-21(27)15-22-16-26-18-32-22)11-13-30-23-8-4-5-9-24(23)31-17-20-6-2-1-3-7-20/h1-9,16,18-19,21H,10-15,17H2,(H,28,29). The molecular weight excluding hydrogens is 424 g/mol. The zero-order chi connectivity index (χ0) is 22.2. The van der Waals surface area contributed by atoms with Crippen molar-refractivity contribution in [2.75, 3.05) is 13.2 Å². The van der Waals surface area contributed by atoms with Gasteiger partial charge in [0.1, 0.15) is 6.61 Å². The zero-order valence-electron chi connectivity index (χ0n) is 17.9. The monoisotopic (exact) mass is 452 g/mol. The molecule has 1 amide bonds. The predicted molar refractivity (Wildman–Crippen MR) is 124 cm³/mol. The SMILES string of the molecule is O=C(O)N1CCC(CCOc2ccccc2OCc2ccccc2)CC1Cc1cncs1. The topological polar surface area (TPSA) is 71.9 Å². The lowest BCUT2D eigenvalue weighted by molar-refractivity contribution is 0.0843. The second-order valence-corrected chi connectivity index (χ2v) is 9.02. The third-order valence-electron chi connectivity index (χ3n) is 5.86. The number of para-hydroxylation sites is 2. The van der Waals surface area contributed by atoms with Crippen LogP contribution < -0.4 is 9.47 Å². The van der Waals surface area contributed by atoms with Gasteiger partial charge in [-0.1, -0.05) is 42.5 Å². The third-order valence-corrected chi connectivity index (χ3v) is 6.66. The second kappa shape index (κ2) is 11.0. The Bertz CT molecular complexity index is 981. The van der Waals surface area contributed by atoms with Gasteiger partial charge in [0.2, 0.25) is 0 Å². The average molecular weight is 453 g/mol. The summed E-state index contributed by atoms with van der Waals surface area (Å²) in [7, 11) is 0. The number of ether oxygens (including phenoxy) is 2. The maximum atomic E-state index is 11.7. The number of carboxylic acid groups (broad SMARTS) is 1. The van der Waals surface area contributed by atoms with E-state index in [0.29, 0.717) is 25.7 Å². The van der Waals surface area contributed by atoms with Gasteiger partial charge < -0.3 is 19.5 Å². The van der Waals surface area contributed by atoms with E-state index in [1.54, 1.807) is 21.7 Å². The van der Waals surface area contributed by atoms with Crippen LogP contribution >= 0.6 is 11.3 Å². The number of thiazole rings is 1. The summed E-state index contributed by atoms with van der Waals surface area (Å²) >= 11 is 1.58. The molecular formula is C25H28N2O4S. The van der Waals surface area contributed by atoms with Gasteiger partial charge in [0.25, 0.3) is 0 Å². The number of rotatable bonds is 9. The van der Waals surface area contributed by atoms with Gasteiger partial charge in [-0.2, -0.15) is 0 Å². The first-order valence-electron chi connectivity index (χ1n) is 10.9. The summed E-state index contributed by atoms with van der Waals surface area (Å²) in [4.78, 5) is 18.5. The molecule has 2 heterocycles. The minimum atomic E-state index is -0.835. The van der Waals surface area contributed by atoms with E-state index < -0.39 is 6.09 Å². The molecule has 3 aromatic rings. The van der Waals surface area contributed by atoms with E-state index in [0.717, 1.165) is 47.6 Å². The molecule has 32 heavy (non-hydrogen) atoms. The van der Waals surface area contributed by atoms with Crippen molar-refractivity contribution in [2.24, 2.45) is 5.92 Å². The van der Waals surface area contributed by atoms with Crippen molar-refractivity contribution in [1.29, 1.82) is 0 Å². The Balaban J connectivity index is 1.30. The normalized spacial score (nSPS) is 18.3. The molecule has 2 aromatic carbocycles. The average Bonchev–Trinajstić information content (AvgIpc) is 3.32. The molecule has 168 valence electrons. The number of amides is 1. The summed E-state index contributed by atoms with van der Waals surface area (Å²) in [6, 6.07) is 17.8. The first-order valence-corrected chi connectivity index (χ1v) is 11.8. The van der Waals surface area contributed by atoms with E-state index in [1.165, 1.54) is 0 Å². The van der Waals surface area contributed by atoms with Gasteiger partial charge in [0.15, 0.2) is 11.5 Å². The number of nitrogens with zero attached hydrogens (tertiary/aromatic N) is 2. The Hall–Kier alpha value is -3.06. The van der Waals surface area contributed by atoms with Gasteiger partial charge >= 0.3 is 6.09 Å².